The van der Waals surface area contributed by atoms with E-state index in [-0.39, 0.29) is 5.91 Å². The minimum absolute atomic E-state index is 0.273. The quantitative estimate of drug-likeness (QED) is 0.537. The molecule has 1 aliphatic rings. The molecule has 1 fully saturated rings. The second kappa shape index (κ2) is 9.86. The zero-order valence-corrected chi connectivity index (χ0v) is 19.9. The normalized spacial score (nSPS) is 15.1. The van der Waals surface area contributed by atoms with Crippen molar-refractivity contribution in [2.75, 3.05) is 26.7 Å². The molecule has 0 aliphatic carbocycles. The number of fused-ring (bicyclic) bond motifs is 1. The van der Waals surface area contributed by atoms with E-state index < -0.39 is 0 Å². The maximum Gasteiger partial charge on any atom is 0.223 e. The Morgan fingerprint density at radius 3 is 2.69 bits per heavy atom. The Balaban J connectivity index is 1.60. The van der Waals surface area contributed by atoms with Crippen LogP contribution in [-0.2, 0) is 11.2 Å². The number of aromatic nitrogens is 2. The summed E-state index contributed by atoms with van der Waals surface area (Å²) < 4.78 is 0. The van der Waals surface area contributed by atoms with Gasteiger partial charge >= 0.3 is 0 Å². The van der Waals surface area contributed by atoms with Crippen LogP contribution in [0.15, 0.2) is 36.5 Å². The van der Waals surface area contributed by atoms with E-state index in [9.17, 15) is 4.79 Å². The van der Waals surface area contributed by atoms with E-state index in [1.807, 2.05) is 18.1 Å². The third-order valence-corrected chi connectivity index (χ3v) is 6.82. The summed E-state index contributed by atoms with van der Waals surface area (Å²) >= 11 is 0. The van der Waals surface area contributed by atoms with Gasteiger partial charge in [0.1, 0.15) is 0 Å². The number of amides is 1. The van der Waals surface area contributed by atoms with Crippen molar-refractivity contribution in [1.82, 2.24) is 20.2 Å². The minimum atomic E-state index is 0.273. The third-order valence-electron chi connectivity index (χ3n) is 6.82. The maximum absolute atomic E-state index is 12.4. The minimum Gasteiger partial charge on any atom is -0.354 e. The average Bonchev–Trinajstić information content (AvgIpc) is 3.22. The summed E-state index contributed by atoms with van der Waals surface area (Å²) in [6.07, 6.45) is 5.52. The smallest absolute Gasteiger partial charge is 0.223 e. The molecule has 3 aromatic rings. The lowest BCUT2D eigenvalue weighted by molar-refractivity contribution is -0.132. The number of carbonyl (C=O) groups is 1. The molecule has 3 heterocycles. The monoisotopic (exact) mass is 432 g/mol. The van der Waals surface area contributed by atoms with E-state index in [0.717, 1.165) is 44.6 Å². The standard InChI is InChI=1S/C27H36N4O/c1-5-22-16-21(8-13-29-22)27-26(18(2)3)23-17-20(6-7-24(23)30-27)19-10-14-31(15-11-19)25(32)9-12-28-4/h6-8,13,16-19,28,30H,5,9-12,14-15H2,1-4H3. The van der Waals surface area contributed by atoms with Crippen molar-refractivity contribution in [2.45, 2.75) is 58.3 Å². The Morgan fingerprint density at radius 2 is 2.00 bits per heavy atom. The van der Waals surface area contributed by atoms with E-state index in [1.54, 1.807) is 0 Å². The van der Waals surface area contributed by atoms with Crippen LogP contribution in [0, 0.1) is 0 Å². The maximum atomic E-state index is 12.4. The van der Waals surface area contributed by atoms with Crippen LogP contribution in [0.4, 0.5) is 0 Å². The average molecular weight is 433 g/mol. The first kappa shape index (κ1) is 22.5. The summed E-state index contributed by atoms with van der Waals surface area (Å²) in [5.41, 5.74) is 7.53. The van der Waals surface area contributed by atoms with Crippen LogP contribution >= 0.6 is 0 Å². The van der Waals surface area contributed by atoms with Crippen LogP contribution in [0.1, 0.15) is 68.7 Å². The Hall–Kier alpha value is -2.66. The van der Waals surface area contributed by atoms with Crippen LogP contribution in [0.2, 0.25) is 0 Å². The molecule has 1 amide bonds. The number of nitrogens with one attached hydrogen (secondary N) is 2. The molecule has 4 rings (SSSR count). The van der Waals surface area contributed by atoms with Crippen molar-refractivity contribution in [2.24, 2.45) is 0 Å². The van der Waals surface area contributed by atoms with Crippen molar-refractivity contribution in [3.8, 4) is 11.3 Å². The zero-order chi connectivity index (χ0) is 22.7. The highest BCUT2D eigenvalue weighted by Gasteiger charge is 2.24. The lowest BCUT2D eigenvalue weighted by atomic mass is 9.87. The van der Waals surface area contributed by atoms with E-state index >= 15 is 0 Å². The number of H-pyrrole nitrogens is 1. The fourth-order valence-electron chi connectivity index (χ4n) is 4.99. The van der Waals surface area contributed by atoms with E-state index in [0.29, 0.717) is 18.3 Å². The molecule has 5 nitrogen and oxygen atoms in total. The molecule has 1 aliphatic heterocycles. The van der Waals surface area contributed by atoms with E-state index in [2.05, 4.69) is 66.4 Å². The summed E-state index contributed by atoms with van der Waals surface area (Å²) in [6, 6.07) is 11.2. The van der Waals surface area contributed by atoms with Crippen molar-refractivity contribution in [3.63, 3.8) is 0 Å². The van der Waals surface area contributed by atoms with E-state index in [4.69, 9.17) is 0 Å². The number of benzene rings is 1. The fourth-order valence-corrected chi connectivity index (χ4v) is 4.99. The first-order valence-corrected chi connectivity index (χ1v) is 12.0. The molecule has 2 aromatic heterocycles. The van der Waals surface area contributed by atoms with Gasteiger partial charge in [-0.05, 0) is 73.5 Å². The highest BCUT2D eigenvalue weighted by molar-refractivity contribution is 5.92. The van der Waals surface area contributed by atoms with Gasteiger partial charge in [-0.3, -0.25) is 9.78 Å². The molecule has 0 bridgehead atoms. The van der Waals surface area contributed by atoms with Gasteiger partial charge in [0.25, 0.3) is 0 Å². The van der Waals surface area contributed by atoms with Crippen LogP contribution in [0.5, 0.6) is 0 Å². The first-order chi connectivity index (χ1) is 15.5. The number of rotatable bonds is 7. The van der Waals surface area contributed by atoms with Gasteiger partial charge in [0.2, 0.25) is 5.91 Å². The number of nitrogens with zero attached hydrogens (tertiary/aromatic N) is 2. The number of pyridine rings is 1. The number of hydrogen-bond acceptors (Lipinski definition) is 3. The number of aromatic amines is 1. The van der Waals surface area contributed by atoms with Crippen LogP contribution in [-0.4, -0.2) is 47.5 Å². The predicted octanol–water partition coefficient (Wildman–Crippen LogP) is 5.23. The van der Waals surface area contributed by atoms with Crippen molar-refractivity contribution in [3.05, 3.63) is 53.3 Å². The van der Waals surface area contributed by atoms with Crippen molar-refractivity contribution >= 4 is 16.8 Å². The Bertz CT molecular complexity index is 1080. The lowest BCUT2D eigenvalue weighted by Crippen LogP contribution is -2.38. The molecule has 170 valence electrons. The van der Waals surface area contributed by atoms with Crippen molar-refractivity contribution < 1.29 is 4.79 Å². The molecule has 1 aromatic carbocycles. The molecule has 0 saturated carbocycles. The summed E-state index contributed by atoms with van der Waals surface area (Å²) in [5, 5.41) is 4.40. The molecule has 0 atom stereocenters. The molecular formula is C27H36N4O. The highest BCUT2D eigenvalue weighted by atomic mass is 16.2. The molecule has 0 spiro atoms. The summed E-state index contributed by atoms with van der Waals surface area (Å²) in [4.78, 5) is 22.6. The van der Waals surface area contributed by atoms with Gasteiger partial charge in [0.15, 0.2) is 0 Å². The molecular weight excluding hydrogens is 396 g/mol. The SMILES string of the molecule is CCc1cc(-c2[nH]c3ccc(C4CCN(C(=O)CCNC)CC4)cc3c2C(C)C)ccn1. The Labute approximate surface area is 191 Å². The molecule has 1 saturated heterocycles. The number of likely N-dealkylation sites (tertiary alicyclic amines) is 1. The molecule has 0 radical (unpaired) electrons. The Morgan fingerprint density at radius 1 is 1.22 bits per heavy atom. The number of aryl methyl sites for hydroxylation is 1. The van der Waals surface area contributed by atoms with Gasteiger partial charge in [0.05, 0.1) is 5.69 Å². The second-order valence-corrected chi connectivity index (χ2v) is 9.27. The number of carbonyl (C=O) groups excluding carboxylic acids is 1. The first-order valence-electron chi connectivity index (χ1n) is 12.0. The molecule has 0 unspecified atom stereocenters. The van der Waals surface area contributed by atoms with Gasteiger partial charge in [-0.15, -0.1) is 0 Å². The number of hydrogen-bond donors (Lipinski definition) is 2. The van der Waals surface area contributed by atoms with Crippen LogP contribution in [0.25, 0.3) is 22.2 Å². The highest BCUT2D eigenvalue weighted by Crippen LogP contribution is 2.38. The third kappa shape index (κ3) is 4.58. The van der Waals surface area contributed by atoms with Crippen molar-refractivity contribution in [1.29, 1.82) is 0 Å². The summed E-state index contributed by atoms with van der Waals surface area (Å²) in [6.45, 7) is 9.16. The molecule has 32 heavy (non-hydrogen) atoms. The van der Waals surface area contributed by atoms with Gasteiger partial charge < -0.3 is 15.2 Å². The number of piperidine rings is 1. The second-order valence-electron chi connectivity index (χ2n) is 9.27. The van der Waals surface area contributed by atoms with Crippen LogP contribution < -0.4 is 5.32 Å². The van der Waals surface area contributed by atoms with Gasteiger partial charge in [-0.25, -0.2) is 0 Å². The molecule has 5 heteroatoms. The van der Waals surface area contributed by atoms with Gasteiger partial charge in [-0.1, -0.05) is 26.8 Å². The van der Waals surface area contributed by atoms with Gasteiger partial charge in [0, 0.05) is 54.4 Å². The lowest BCUT2D eigenvalue weighted by Gasteiger charge is -2.32. The fraction of sp³-hybridized carbons (Fsp3) is 0.481. The predicted molar refractivity (Wildman–Crippen MR) is 132 cm³/mol. The van der Waals surface area contributed by atoms with E-state index in [1.165, 1.54) is 33.3 Å². The van der Waals surface area contributed by atoms with Gasteiger partial charge in [-0.2, -0.15) is 0 Å². The topological polar surface area (TPSA) is 61.0 Å². The molecule has 2 N–H and O–H groups in total. The summed E-state index contributed by atoms with van der Waals surface area (Å²) in [5.74, 6) is 1.20. The largest absolute Gasteiger partial charge is 0.354 e. The zero-order valence-electron chi connectivity index (χ0n) is 19.9. The van der Waals surface area contributed by atoms with Crippen LogP contribution in [0.3, 0.4) is 0 Å². The Kier molecular flexibility index (Phi) is 6.95. The summed E-state index contributed by atoms with van der Waals surface area (Å²) in [7, 11) is 1.89.